The fraction of sp³-hybridized carbons (Fsp3) is 0.100. The molecule has 0 radical (unpaired) electrons. The van der Waals surface area contributed by atoms with Crippen molar-refractivity contribution < 1.29 is 5.11 Å². The largest absolute Gasteiger partial charge is 0.390 e. The van der Waals surface area contributed by atoms with Gasteiger partial charge in [0.2, 0.25) is 5.16 Å². The molecular formula is C30H22Cl2N4OS. The number of halogens is 2. The van der Waals surface area contributed by atoms with Crippen LogP contribution in [0.5, 0.6) is 0 Å². The number of thioether (sulfide) groups is 1. The summed E-state index contributed by atoms with van der Waals surface area (Å²) in [6, 6.07) is 31.5. The topological polar surface area (TPSA) is 63.8 Å². The Morgan fingerprint density at radius 3 is 1.82 bits per heavy atom. The van der Waals surface area contributed by atoms with Crippen LogP contribution < -0.4 is 0 Å². The highest BCUT2D eigenvalue weighted by molar-refractivity contribution is 7.99. The molecule has 188 valence electrons. The Bertz CT molecular complexity index is 1720. The quantitative estimate of drug-likeness (QED) is 0.203. The summed E-state index contributed by atoms with van der Waals surface area (Å²) in [7, 11) is 0. The molecule has 0 aliphatic rings. The van der Waals surface area contributed by atoms with Gasteiger partial charge in [-0.3, -0.25) is 0 Å². The summed E-state index contributed by atoms with van der Waals surface area (Å²) < 4.78 is 2.17. The molecule has 6 rings (SSSR count). The Hall–Kier alpha value is -3.42. The van der Waals surface area contributed by atoms with E-state index < -0.39 is 6.10 Å². The molecule has 8 heteroatoms. The third kappa shape index (κ3) is 4.76. The van der Waals surface area contributed by atoms with Gasteiger partial charge in [0.1, 0.15) is 11.4 Å². The number of para-hydroxylation sites is 2. The summed E-state index contributed by atoms with van der Waals surface area (Å²) in [6.07, 6.45) is -0.630. The van der Waals surface area contributed by atoms with E-state index in [1.54, 1.807) is 0 Å². The third-order valence-corrected chi connectivity index (χ3v) is 8.05. The molecule has 38 heavy (non-hydrogen) atoms. The van der Waals surface area contributed by atoms with Crippen molar-refractivity contribution in [1.29, 1.82) is 0 Å². The van der Waals surface area contributed by atoms with Crippen molar-refractivity contribution in [3.8, 4) is 22.5 Å². The van der Waals surface area contributed by atoms with Gasteiger partial charge in [-0.05, 0) is 24.3 Å². The minimum absolute atomic E-state index is 0.399. The normalized spacial score (nSPS) is 12.3. The number of benzene rings is 4. The number of hydrogen-bond donors (Lipinski definition) is 1. The average molecular weight is 558 g/mol. The zero-order valence-corrected chi connectivity index (χ0v) is 22.5. The molecule has 0 bridgehead atoms. The minimum Gasteiger partial charge on any atom is -0.390 e. The van der Waals surface area contributed by atoms with Crippen molar-refractivity contribution in [2.24, 2.45) is 0 Å². The lowest BCUT2D eigenvalue weighted by atomic mass is 10.0. The van der Waals surface area contributed by atoms with Crippen molar-refractivity contribution in [3.05, 3.63) is 107 Å². The van der Waals surface area contributed by atoms with E-state index in [1.807, 2.05) is 72.8 Å². The summed E-state index contributed by atoms with van der Waals surface area (Å²) in [6.45, 7) is 0.448. The lowest BCUT2D eigenvalue weighted by Gasteiger charge is -2.14. The lowest BCUT2D eigenvalue weighted by molar-refractivity contribution is 0.181. The average Bonchev–Trinajstić information content (AvgIpc) is 3.26. The van der Waals surface area contributed by atoms with E-state index in [9.17, 15) is 5.11 Å². The van der Waals surface area contributed by atoms with Gasteiger partial charge in [0.15, 0.2) is 0 Å². The number of aromatic nitrogens is 4. The predicted octanol–water partition coefficient (Wildman–Crippen LogP) is 7.77. The maximum atomic E-state index is 11.0. The third-order valence-electron chi connectivity index (χ3n) is 6.40. The van der Waals surface area contributed by atoms with E-state index in [0.29, 0.717) is 38.9 Å². The van der Waals surface area contributed by atoms with Gasteiger partial charge in [0, 0.05) is 38.7 Å². The number of aliphatic hydroxyl groups excluding tert-OH is 1. The molecule has 0 saturated heterocycles. The summed E-state index contributed by atoms with van der Waals surface area (Å²) in [5.74, 6) is 0.399. The first-order valence-corrected chi connectivity index (χ1v) is 13.9. The van der Waals surface area contributed by atoms with Crippen LogP contribution in [0.4, 0.5) is 0 Å². The van der Waals surface area contributed by atoms with Gasteiger partial charge in [-0.15, -0.1) is 10.2 Å². The van der Waals surface area contributed by atoms with E-state index >= 15 is 0 Å². The number of aliphatic hydroxyl groups is 1. The number of fused-ring (bicyclic) bond motifs is 3. The van der Waals surface area contributed by atoms with Gasteiger partial charge in [0.05, 0.1) is 22.7 Å². The number of rotatable bonds is 7. The minimum atomic E-state index is -0.630. The van der Waals surface area contributed by atoms with Crippen LogP contribution in [0.3, 0.4) is 0 Å². The van der Waals surface area contributed by atoms with Crippen molar-refractivity contribution in [1.82, 2.24) is 19.7 Å². The highest BCUT2D eigenvalue weighted by Gasteiger charge is 2.19. The Labute approximate surface area is 234 Å². The Kier molecular flexibility index (Phi) is 7.04. The van der Waals surface area contributed by atoms with Crippen molar-refractivity contribution in [2.75, 3.05) is 5.75 Å². The van der Waals surface area contributed by atoms with E-state index in [0.717, 1.165) is 22.2 Å². The maximum absolute atomic E-state index is 11.0. The molecule has 0 saturated carbocycles. The monoisotopic (exact) mass is 556 g/mol. The summed E-state index contributed by atoms with van der Waals surface area (Å²) in [4.78, 5) is 4.82. The summed E-state index contributed by atoms with van der Waals surface area (Å²) >= 11 is 14.4. The molecule has 1 unspecified atom stereocenters. The lowest BCUT2D eigenvalue weighted by Crippen LogP contribution is -2.18. The smallest absolute Gasteiger partial charge is 0.209 e. The molecular weight excluding hydrogens is 535 g/mol. The SMILES string of the molecule is OC(CSc1nnc(-c2ccccc2Cl)c(-c2ccccc2Cl)n1)Cn1c2ccccc2c2ccccc21. The van der Waals surface area contributed by atoms with Gasteiger partial charge in [0.25, 0.3) is 0 Å². The second-order valence-corrected chi connectivity index (χ2v) is 10.7. The fourth-order valence-electron chi connectivity index (χ4n) is 4.68. The molecule has 2 heterocycles. The zero-order valence-electron chi connectivity index (χ0n) is 20.1. The standard InChI is InChI=1S/C30H22Cl2N4OS/c31-24-13-5-1-11-22(24)28-29(23-12-2-6-14-25(23)32)34-35-30(33-28)38-18-19(37)17-36-26-15-7-3-9-20(26)21-10-4-8-16-27(21)36/h1-16,19,37H,17-18H2. The molecule has 5 nitrogen and oxygen atoms in total. The first kappa shape index (κ1) is 24.9. The molecule has 2 aromatic heterocycles. The molecule has 0 amide bonds. The van der Waals surface area contributed by atoms with Crippen LogP contribution in [0, 0.1) is 0 Å². The molecule has 0 spiro atoms. The first-order valence-electron chi connectivity index (χ1n) is 12.1. The van der Waals surface area contributed by atoms with Gasteiger partial charge in [-0.25, -0.2) is 4.98 Å². The van der Waals surface area contributed by atoms with Crippen LogP contribution in [-0.4, -0.2) is 36.7 Å². The van der Waals surface area contributed by atoms with Gasteiger partial charge >= 0.3 is 0 Å². The maximum Gasteiger partial charge on any atom is 0.209 e. The van der Waals surface area contributed by atoms with Crippen LogP contribution in [0.1, 0.15) is 0 Å². The van der Waals surface area contributed by atoms with E-state index in [-0.39, 0.29) is 0 Å². The van der Waals surface area contributed by atoms with Crippen LogP contribution in [0.15, 0.2) is 102 Å². The number of nitrogens with zero attached hydrogens (tertiary/aromatic N) is 4. The van der Waals surface area contributed by atoms with Crippen LogP contribution >= 0.6 is 35.0 Å². The van der Waals surface area contributed by atoms with Gasteiger partial charge in [-0.1, -0.05) is 108 Å². The van der Waals surface area contributed by atoms with Crippen LogP contribution in [-0.2, 0) is 6.54 Å². The molecule has 1 N–H and O–H groups in total. The first-order chi connectivity index (χ1) is 18.6. The van der Waals surface area contributed by atoms with Crippen molar-refractivity contribution >= 4 is 56.8 Å². The Balaban J connectivity index is 1.29. The Morgan fingerprint density at radius 1 is 0.684 bits per heavy atom. The van der Waals surface area contributed by atoms with E-state index in [2.05, 4.69) is 39.0 Å². The number of hydrogen-bond acceptors (Lipinski definition) is 5. The van der Waals surface area contributed by atoms with Crippen molar-refractivity contribution in [3.63, 3.8) is 0 Å². The predicted molar refractivity (Wildman–Crippen MR) is 157 cm³/mol. The van der Waals surface area contributed by atoms with E-state index in [4.69, 9.17) is 28.2 Å². The fourth-order valence-corrected chi connectivity index (χ4v) is 5.83. The second-order valence-electron chi connectivity index (χ2n) is 8.86. The molecule has 0 aliphatic heterocycles. The second kappa shape index (κ2) is 10.8. The molecule has 0 aliphatic carbocycles. The molecule has 6 aromatic rings. The van der Waals surface area contributed by atoms with Gasteiger partial charge < -0.3 is 9.67 Å². The van der Waals surface area contributed by atoms with Gasteiger partial charge in [-0.2, -0.15) is 0 Å². The highest BCUT2D eigenvalue weighted by atomic mass is 35.5. The highest BCUT2D eigenvalue weighted by Crippen LogP contribution is 2.37. The zero-order chi connectivity index (χ0) is 26.1. The van der Waals surface area contributed by atoms with Crippen molar-refractivity contribution in [2.45, 2.75) is 17.8 Å². The molecule has 0 fully saturated rings. The Morgan fingerprint density at radius 2 is 1.21 bits per heavy atom. The molecule has 1 atom stereocenters. The van der Waals surface area contributed by atoms with Crippen LogP contribution in [0.25, 0.3) is 44.3 Å². The van der Waals surface area contributed by atoms with Crippen LogP contribution in [0.2, 0.25) is 10.0 Å². The summed E-state index contributed by atoms with van der Waals surface area (Å²) in [5, 5.41) is 23.8. The summed E-state index contributed by atoms with van der Waals surface area (Å²) in [5.41, 5.74) is 4.82. The van der Waals surface area contributed by atoms with E-state index in [1.165, 1.54) is 22.5 Å². The molecule has 4 aromatic carbocycles.